The van der Waals surface area contributed by atoms with Crippen LogP contribution in [0.2, 0.25) is 0 Å². The second-order valence-corrected chi connectivity index (χ2v) is 5.48. The summed E-state index contributed by atoms with van der Waals surface area (Å²) >= 11 is 0. The highest BCUT2D eigenvalue weighted by molar-refractivity contribution is 5.14. The average Bonchev–Trinajstić information content (AvgIpc) is 3.12. The average molecular weight is 231 g/mol. The first-order chi connectivity index (χ1) is 8.27. The van der Waals surface area contributed by atoms with Gasteiger partial charge in [-0.05, 0) is 56.6 Å². The molecule has 0 aromatic heterocycles. The first-order valence-electron chi connectivity index (χ1n) is 7.04. The van der Waals surface area contributed by atoms with Crippen LogP contribution in [-0.2, 0) is 6.42 Å². The maximum absolute atomic E-state index is 3.60. The zero-order valence-electron chi connectivity index (χ0n) is 11.2. The van der Waals surface area contributed by atoms with Crippen molar-refractivity contribution in [3.05, 3.63) is 35.9 Å². The highest BCUT2D eigenvalue weighted by Gasteiger charge is 2.45. The van der Waals surface area contributed by atoms with Gasteiger partial charge >= 0.3 is 0 Å². The molecule has 1 atom stereocenters. The molecule has 1 aliphatic carbocycles. The summed E-state index contributed by atoms with van der Waals surface area (Å²) in [6.45, 7) is 5.66. The van der Waals surface area contributed by atoms with E-state index in [9.17, 15) is 0 Å². The predicted molar refractivity (Wildman–Crippen MR) is 74.2 cm³/mol. The lowest BCUT2D eigenvalue weighted by Crippen LogP contribution is -2.34. The summed E-state index contributed by atoms with van der Waals surface area (Å²) in [6, 6.07) is 11.6. The summed E-state index contributed by atoms with van der Waals surface area (Å²) in [6.07, 6.45) is 6.81. The Labute approximate surface area is 106 Å². The first kappa shape index (κ1) is 12.6. The van der Waals surface area contributed by atoms with Crippen molar-refractivity contribution in [2.45, 2.75) is 52.0 Å². The van der Waals surface area contributed by atoms with Crippen LogP contribution in [0.5, 0.6) is 0 Å². The Morgan fingerprint density at radius 1 is 1.24 bits per heavy atom. The molecule has 94 valence electrons. The number of aryl methyl sites for hydroxylation is 1. The van der Waals surface area contributed by atoms with Gasteiger partial charge in [-0.25, -0.2) is 0 Å². The standard InChI is InChI=1S/C16H25N/c1-3-17-14(2)16(12-13-16)11-7-10-15-8-5-4-6-9-15/h4-6,8-9,14,17H,3,7,10-13H2,1-2H3. The molecule has 0 aliphatic heterocycles. The largest absolute Gasteiger partial charge is 0.314 e. The number of hydrogen-bond donors (Lipinski definition) is 1. The Kier molecular flexibility index (Phi) is 4.22. The smallest absolute Gasteiger partial charge is 0.00950 e. The Morgan fingerprint density at radius 2 is 1.94 bits per heavy atom. The van der Waals surface area contributed by atoms with Crippen molar-refractivity contribution in [2.75, 3.05) is 6.54 Å². The Balaban J connectivity index is 1.75. The van der Waals surface area contributed by atoms with E-state index in [-0.39, 0.29) is 0 Å². The third-order valence-electron chi connectivity index (χ3n) is 4.30. The maximum Gasteiger partial charge on any atom is 0.00950 e. The van der Waals surface area contributed by atoms with Gasteiger partial charge in [-0.3, -0.25) is 0 Å². The molecule has 1 aromatic carbocycles. The summed E-state index contributed by atoms with van der Waals surface area (Å²) in [5.41, 5.74) is 2.12. The Bertz CT molecular complexity index is 327. The van der Waals surface area contributed by atoms with Crippen LogP contribution in [-0.4, -0.2) is 12.6 Å². The molecule has 0 radical (unpaired) electrons. The molecule has 1 unspecified atom stereocenters. The number of hydrogen-bond acceptors (Lipinski definition) is 1. The van der Waals surface area contributed by atoms with Gasteiger partial charge in [0.15, 0.2) is 0 Å². The summed E-state index contributed by atoms with van der Waals surface area (Å²) in [4.78, 5) is 0. The van der Waals surface area contributed by atoms with Crippen molar-refractivity contribution < 1.29 is 0 Å². The molecule has 2 rings (SSSR count). The van der Waals surface area contributed by atoms with E-state index in [0.29, 0.717) is 11.5 Å². The van der Waals surface area contributed by atoms with E-state index >= 15 is 0 Å². The molecule has 1 heteroatoms. The Morgan fingerprint density at radius 3 is 2.53 bits per heavy atom. The third-order valence-corrected chi connectivity index (χ3v) is 4.30. The van der Waals surface area contributed by atoms with E-state index in [1.54, 1.807) is 0 Å². The van der Waals surface area contributed by atoms with Crippen molar-refractivity contribution in [3.8, 4) is 0 Å². The molecule has 1 fully saturated rings. The molecule has 17 heavy (non-hydrogen) atoms. The van der Waals surface area contributed by atoms with Crippen LogP contribution in [0.4, 0.5) is 0 Å². The molecule has 0 spiro atoms. The normalized spacial score (nSPS) is 18.9. The van der Waals surface area contributed by atoms with Crippen molar-refractivity contribution >= 4 is 0 Å². The zero-order valence-corrected chi connectivity index (χ0v) is 11.2. The molecule has 0 bridgehead atoms. The molecule has 1 nitrogen and oxygen atoms in total. The Hall–Kier alpha value is -0.820. The van der Waals surface area contributed by atoms with Gasteiger partial charge in [0.25, 0.3) is 0 Å². The van der Waals surface area contributed by atoms with Crippen LogP contribution in [0, 0.1) is 5.41 Å². The summed E-state index contributed by atoms with van der Waals surface area (Å²) in [5.74, 6) is 0. The van der Waals surface area contributed by atoms with Gasteiger partial charge in [0.05, 0.1) is 0 Å². The van der Waals surface area contributed by atoms with Crippen LogP contribution >= 0.6 is 0 Å². The van der Waals surface area contributed by atoms with Gasteiger partial charge < -0.3 is 5.32 Å². The molecule has 0 saturated heterocycles. The van der Waals surface area contributed by atoms with Crippen LogP contribution in [0.25, 0.3) is 0 Å². The molecule has 1 N–H and O–H groups in total. The minimum Gasteiger partial charge on any atom is -0.314 e. The topological polar surface area (TPSA) is 12.0 Å². The molecule has 1 aromatic rings. The van der Waals surface area contributed by atoms with Crippen molar-refractivity contribution in [1.82, 2.24) is 5.32 Å². The summed E-state index contributed by atoms with van der Waals surface area (Å²) < 4.78 is 0. The van der Waals surface area contributed by atoms with Crippen LogP contribution in [0.15, 0.2) is 30.3 Å². The van der Waals surface area contributed by atoms with Gasteiger partial charge in [-0.15, -0.1) is 0 Å². The lowest BCUT2D eigenvalue weighted by molar-refractivity contribution is 0.328. The molecule has 1 saturated carbocycles. The fourth-order valence-electron chi connectivity index (χ4n) is 2.87. The van der Waals surface area contributed by atoms with Crippen LogP contribution in [0.3, 0.4) is 0 Å². The second kappa shape index (κ2) is 5.68. The monoisotopic (exact) mass is 231 g/mol. The number of benzene rings is 1. The molecule has 0 amide bonds. The van der Waals surface area contributed by atoms with Crippen LogP contribution in [0.1, 0.15) is 45.1 Å². The highest BCUT2D eigenvalue weighted by atomic mass is 14.9. The minimum absolute atomic E-state index is 0.630. The van der Waals surface area contributed by atoms with E-state index < -0.39 is 0 Å². The lowest BCUT2D eigenvalue weighted by atomic mass is 9.90. The second-order valence-electron chi connectivity index (χ2n) is 5.48. The van der Waals surface area contributed by atoms with E-state index in [1.807, 2.05) is 0 Å². The van der Waals surface area contributed by atoms with E-state index in [0.717, 1.165) is 6.54 Å². The maximum atomic E-state index is 3.60. The van der Waals surface area contributed by atoms with E-state index in [4.69, 9.17) is 0 Å². The SMILES string of the molecule is CCNC(C)C1(CCCc2ccccc2)CC1. The van der Waals surface area contributed by atoms with E-state index in [1.165, 1.54) is 37.7 Å². The molecular weight excluding hydrogens is 206 g/mol. The molecule has 0 heterocycles. The third kappa shape index (κ3) is 3.32. The fraction of sp³-hybridized carbons (Fsp3) is 0.625. The minimum atomic E-state index is 0.630. The fourth-order valence-corrected chi connectivity index (χ4v) is 2.87. The summed E-state index contributed by atoms with van der Waals surface area (Å²) in [5, 5.41) is 3.60. The summed E-state index contributed by atoms with van der Waals surface area (Å²) in [7, 11) is 0. The van der Waals surface area contributed by atoms with Gasteiger partial charge in [-0.2, -0.15) is 0 Å². The van der Waals surface area contributed by atoms with Gasteiger partial charge in [0, 0.05) is 6.04 Å². The van der Waals surface area contributed by atoms with Gasteiger partial charge in [0.1, 0.15) is 0 Å². The predicted octanol–water partition coefficient (Wildman–Crippen LogP) is 3.79. The zero-order chi connectivity index (χ0) is 12.1. The van der Waals surface area contributed by atoms with Crippen molar-refractivity contribution in [3.63, 3.8) is 0 Å². The lowest BCUT2D eigenvalue weighted by Gasteiger charge is -2.24. The van der Waals surface area contributed by atoms with Crippen molar-refractivity contribution in [2.24, 2.45) is 5.41 Å². The first-order valence-corrected chi connectivity index (χ1v) is 7.04. The number of nitrogens with one attached hydrogen (secondary N) is 1. The highest BCUT2D eigenvalue weighted by Crippen LogP contribution is 2.52. The van der Waals surface area contributed by atoms with Crippen LogP contribution < -0.4 is 5.32 Å². The number of rotatable bonds is 7. The molecular formula is C16H25N. The quantitative estimate of drug-likeness (QED) is 0.753. The van der Waals surface area contributed by atoms with E-state index in [2.05, 4.69) is 49.5 Å². The molecule has 1 aliphatic rings. The van der Waals surface area contributed by atoms with Gasteiger partial charge in [0.2, 0.25) is 0 Å². The van der Waals surface area contributed by atoms with Crippen molar-refractivity contribution in [1.29, 1.82) is 0 Å². The van der Waals surface area contributed by atoms with Gasteiger partial charge in [-0.1, -0.05) is 37.3 Å².